The van der Waals surface area contributed by atoms with E-state index in [1.807, 2.05) is 18.7 Å². The smallest absolute Gasteiger partial charge is 0.260 e. The number of hydrogen-bond donors (Lipinski definition) is 1. The largest absolute Gasteiger partial charge is 0.483 e. The predicted octanol–water partition coefficient (Wildman–Crippen LogP) is 2.61. The predicted molar refractivity (Wildman–Crippen MR) is 85.1 cm³/mol. The molecule has 1 aromatic carbocycles. The van der Waals surface area contributed by atoms with Crippen LogP contribution >= 0.6 is 11.6 Å². The maximum absolute atomic E-state index is 12.4. The molecule has 0 unspecified atom stereocenters. The molecule has 120 valence electrons. The third-order valence-corrected chi connectivity index (χ3v) is 4.27. The summed E-state index contributed by atoms with van der Waals surface area (Å²) in [6, 6.07) is 5.01. The number of nitrogens with two attached hydrogens (primary N) is 1. The summed E-state index contributed by atoms with van der Waals surface area (Å²) in [5, 5.41) is 0.394. The van der Waals surface area contributed by atoms with Gasteiger partial charge in [-0.1, -0.05) is 11.6 Å². The Morgan fingerprint density at radius 1 is 1.32 bits per heavy atom. The zero-order chi connectivity index (χ0) is 16.3. The Balaban J connectivity index is 2.06. The quantitative estimate of drug-likeness (QED) is 0.925. The molecule has 1 aliphatic rings. The SMILES string of the molecule is C[C@H]1CCC[C@H](C)N1C(=O)COc1ccc(Cl)cc1C(N)=O. The molecular formula is C16H21ClN2O3. The highest BCUT2D eigenvalue weighted by Crippen LogP contribution is 2.25. The summed E-state index contributed by atoms with van der Waals surface area (Å²) in [5.41, 5.74) is 5.48. The van der Waals surface area contributed by atoms with E-state index in [-0.39, 0.29) is 35.9 Å². The first kappa shape index (κ1) is 16.6. The summed E-state index contributed by atoms with van der Waals surface area (Å²) in [5.74, 6) is -0.433. The van der Waals surface area contributed by atoms with E-state index in [1.165, 1.54) is 6.07 Å². The summed E-state index contributed by atoms with van der Waals surface area (Å²) in [7, 11) is 0. The van der Waals surface area contributed by atoms with E-state index in [1.54, 1.807) is 12.1 Å². The van der Waals surface area contributed by atoms with Gasteiger partial charge in [0.05, 0.1) is 5.56 Å². The number of likely N-dealkylation sites (tertiary alicyclic amines) is 1. The third-order valence-electron chi connectivity index (χ3n) is 4.04. The van der Waals surface area contributed by atoms with Crippen molar-refractivity contribution in [3.63, 3.8) is 0 Å². The summed E-state index contributed by atoms with van der Waals surface area (Å²) in [4.78, 5) is 25.7. The molecule has 6 heteroatoms. The van der Waals surface area contributed by atoms with Crippen LogP contribution in [0.2, 0.25) is 5.02 Å². The Bertz CT molecular complexity index is 567. The normalized spacial score (nSPS) is 21.5. The van der Waals surface area contributed by atoms with Crippen LogP contribution in [0.4, 0.5) is 0 Å². The number of hydrogen-bond acceptors (Lipinski definition) is 3. The van der Waals surface area contributed by atoms with Gasteiger partial charge >= 0.3 is 0 Å². The number of halogens is 1. The van der Waals surface area contributed by atoms with Crippen LogP contribution in [0.15, 0.2) is 18.2 Å². The molecule has 2 atom stereocenters. The molecule has 0 radical (unpaired) electrons. The average molecular weight is 325 g/mol. The minimum Gasteiger partial charge on any atom is -0.483 e. The molecule has 0 aromatic heterocycles. The highest BCUT2D eigenvalue weighted by molar-refractivity contribution is 6.31. The van der Waals surface area contributed by atoms with Crippen LogP contribution in [0.5, 0.6) is 5.75 Å². The molecule has 22 heavy (non-hydrogen) atoms. The highest BCUT2D eigenvalue weighted by Gasteiger charge is 2.29. The minimum atomic E-state index is -0.635. The van der Waals surface area contributed by atoms with E-state index in [4.69, 9.17) is 22.1 Å². The second-order valence-electron chi connectivity index (χ2n) is 5.72. The maximum atomic E-state index is 12.4. The van der Waals surface area contributed by atoms with Gasteiger partial charge in [-0.05, 0) is 51.3 Å². The first-order chi connectivity index (χ1) is 10.4. The molecule has 1 aromatic rings. The van der Waals surface area contributed by atoms with Crippen molar-refractivity contribution >= 4 is 23.4 Å². The lowest BCUT2D eigenvalue weighted by atomic mass is 9.97. The summed E-state index contributed by atoms with van der Waals surface area (Å²) < 4.78 is 5.51. The molecule has 0 saturated carbocycles. The fraction of sp³-hybridized carbons (Fsp3) is 0.500. The molecule has 2 rings (SSSR count). The lowest BCUT2D eigenvalue weighted by molar-refractivity contribution is -0.139. The van der Waals surface area contributed by atoms with Crippen molar-refractivity contribution in [1.29, 1.82) is 0 Å². The fourth-order valence-electron chi connectivity index (χ4n) is 2.95. The van der Waals surface area contributed by atoms with Crippen LogP contribution < -0.4 is 10.5 Å². The summed E-state index contributed by atoms with van der Waals surface area (Å²) in [6.07, 6.45) is 3.14. The van der Waals surface area contributed by atoms with E-state index in [2.05, 4.69) is 0 Å². The van der Waals surface area contributed by atoms with Gasteiger partial charge in [0.2, 0.25) is 0 Å². The topological polar surface area (TPSA) is 72.6 Å². The number of piperidine rings is 1. The van der Waals surface area contributed by atoms with E-state index < -0.39 is 5.91 Å². The zero-order valence-corrected chi connectivity index (χ0v) is 13.6. The van der Waals surface area contributed by atoms with Gasteiger partial charge in [-0.25, -0.2) is 0 Å². The molecule has 1 heterocycles. The number of carbonyl (C=O) groups is 2. The zero-order valence-electron chi connectivity index (χ0n) is 12.8. The van der Waals surface area contributed by atoms with Crippen molar-refractivity contribution in [2.75, 3.05) is 6.61 Å². The van der Waals surface area contributed by atoms with Gasteiger partial charge in [-0.2, -0.15) is 0 Å². The van der Waals surface area contributed by atoms with E-state index in [0.717, 1.165) is 19.3 Å². The van der Waals surface area contributed by atoms with Crippen LogP contribution in [0, 0.1) is 0 Å². The number of primary amides is 1. The minimum absolute atomic E-state index is 0.0786. The van der Waals surface area contributed by atoms with Crippen molar-refractivity contribution in [3.05, 3.63) is 28.8 Å². The van der Waals surface area contributed by atoms with Crippen molar-refractivity contribution in [2.45, 2.75) is 45.2 Å². The average Bonchev–Trinajstić information content (AvgIpc) is 2.45. The molecule has 0 spiro atoms. The summed E-state index contributed by atoms with van der Waals surface area (Å²) >= 11 is 5.85. The van der Waals surface area contributed by atoms with Gasteiger partial charge in [-0.15, -0.1) is 0 Å². The molecule has 5 nitrogen and oxygen atoms in total. The monoisotopic (exact) mass is 324 g/mol. The lowest BCUT2D eigenvalue weighted by Gasteiger charge is -2.39. The van der Waals surface area contributed by atoms with Crippen molar-refractivity contribution in [3.8, 4) is 5.75 Å². The number of amides is 2. The Morgan fingerprint density at radius 3 is 2.55 bits per heavy atom. The number of ether oxygens (including phenoxy) is 1. The molecule has 2 amide bonds. The van der Waals surface area contributed by atoms with Crippen LogP contribution in [0.3, 0.4) is 0 Å². The van der Waals surface area contributed by atoms with Gasteiger partial charge in [0, 0.05) is 17.1 Å². The van der Waals surface area contributed by atoms with Gasteiger partial charge < -0.3 is 15.4 Å². The lowest BCUT2D eigenvalue weighted by Crippen LogP contribution is -2.49. The van der Waals surface area contributed by atoms with Crippen molar-refractivity contribution in [2.24, 2.45) is 5.73 Å². The Kier molecular flexibility index (Phi) is 5.29. The third kappa shape index (κ3) is 3.71. The van der Waals surface area contributed by atoms with Crippen LogP contribution in [-0.2, 0) is 4.79 Å². The van der Waals surface area contributed by atoms with Crippen LogP contribution in [0.1, 0.15) is 43.5 Å². The molecule has 0 aliphatic carbocycles. The number of benzene rings is 1. The Morgan fingerprint density at radius 2 is 1.95 bits per heavy atom. The second-order valence-corrected chi connectivity index (χ2v) is 6.16. The van der Waals surface area contributed by atoms with Crippen LogP contribution in [-0.4, -0.2) is 35.4 Å². The van der Waals surface area contributed by atoms with E-state index in [0.29, 0.717) is 5.02 Å². The van der Waals surface area contributed by atoms with E-state index >= 15 is 0 Å². The molecule has 2 N–H and O–H groups in total. The Hall–Kier alpha value is -1.75. The van der Waals surface area contributed by atoms with Gasteiger partial charge in [0.1, 0.15) is 5.75 Å². The number of rotatable bonds is 4. The highest BCUT2D eigenvalue weighted by atomic mass is 35.5. The fourth-order valence-corrected chi connectivity index (χ4v) is 3.12. The van der Waals surface area contributed by atoms with E-state index in [9.17, 15) is 9.59 Å². The standard InChI is InChI=1S/C16H21ClN2O3/c1-10-4-3-5-11(2)19(10)15(20)9-22-14-7-6-12(17)8-13(14)16(18)21/h6-8,10-11H,3-5,9H2,1-2H3,(H2,18,21)/t10-,11-/m0/s1. The second kappa shape index (κ2) is 7.01. The molecular weight excluding hydrogens is 304 g/mol. The first-order valence-corrected chi connectivity index (χ1v) is 7.81. The molecule has 0 bridgehead atoms. The van der Waals surface area contributed by atoms with Crippen LogP contribution in [0.25, 0.3) is 0 Å². The molecule has 1 saturated heterocycles. The van der Waals surface area contributed by atoms with Gasteiger partial charge in [-0.3, -0.25) is 9.59 Å². The number of nitrogens with zero attached hydrogens (tertiary/aromatic N) is 1. The first-order valence-electron chi connectivity index (χ1n) is 7.43. The van der Waals surface area contributed by atoms with Crippen molar-refractivity contribution < 1.29 is 14.3 Å². The van der Waals surface area contributed by atoms with Gasteiger partial charge in [0.25, 0.3) is 11.8 Å². The molecule has 1 fully saturated rings. The van der Waals surface area contributed by atoms with Crippen molar-refractivity contribution in [1.82, 2.24) is 4.90 Å². The number of carbonyl (C=O) groups excluding carboxylic acids is 2. The van der Waals surface area contributed by atoms with Gasteiger partial charge in [0.15, 0.2) is 6.61 Å². The maximum Gasteiger partial charge on any atom is 0.260 e. The molecule has 1 aliphatic heterocycles. The Labute approximate surface area is 135 Å². The summed E-state index contributed by atoms with van der Waals surface area (Å²) in [6.45, 7) is 3.98.